The summed E-state index contributed by atoms with van der Waals surface area (Å²) in [4.78, 5) is 0. The molecule has 1 heterocycles. The van der Waals surface area contributed by atoms with Crippen LogP contribution in [-0.2, 0) is 22.6 Å². The van der Waals surface area contributed by atoms with Gasteiger partial charge in [-0.25, -0.2) is 0 Å². The molecule has 0 radical (unpaired) electrons. The van der Waals surface area contributed by atoms with Gasteiger partial charge in [0.05, 0.1) is 5.69 Å². The highest BCUT2D eigenvalue weighted by molar-refractivity contribution is 5.03. The first kappa shape index (κ1) is 11.2. The lowest BCUT2D eigenvalue weighted by molar-refractivity contribution is 0.0794. The summed E-state index contributed by atoms with van der Waals surface area (Å²) in [5.74, 6) is 0.711. The van der Waals surface area contributed by atoms with E-state index in [2.05, 4.69) is 5.16 Å². The number of nitrogens with two attached hydrogens (primary N) is 1. The molecule has 2 N–H and O–H groups in total. The molecule has 0 saturated carbocycles. The normalized spacial score (nSPS) is 10.7. The van der Waals surface area contributed by atoms with Gasteiger partial charge in [0.25, 0.3) is 0 Å². The van der Waals surface area contributed by atoms with Gasteiger partial charge in [0.2, 0.25) is 0 Å². The van der Waals surface area contributed by atoms with E-state index < -0.39 is 0 Å². The summed E-state index contributed by atoms with van der Waals surface area (Å²) < 4.78 is 15.2. The van der Waals surface area contributed by atoms with Crippen LogP contribution in [0.4, 0.5) is 0 Å². The molecule has 0 bridgehead atoms. The van der Waals surface area contributed by atoms with Crippen molar-refractivity contribution in [3.8, 4) is 0 Å². The van der Waals surface area contributed by atoms with Gasteiger partial charge in [-0.05, 0) is 6.42 Å². The fourth-order valence-electron chi connectivity index (χ4n) is 0.998. The second kappa shape index (κ2) is 6.53. The highest BCUT2D eigenvalue weighted by Crippen LogP contribution is 2.04. The largest absolute Gasteiger partial charge is 0.385 e. The molecular weight excluding hydrogens is 184 g/mol. The van der Waals surface area contributed by atoms with Gasteiger partial charge in [-0.1, -0.05) is 5.16 Å². The minimum Gasteiger partial charge on any atom is -0.385 e. The number of hydrogen-bond acceptors (Lipinski definition) is 5. The van der Waals surface area contributed by atoms with Crippen molar-refractivity contribution < 1.29 is 14.0 Å². The van der Waals surface area contributed by atoms with Gasteiger partial charge in [-0.15, -0.1) is 0 Å². The Kier molecular flexibility index (Phi) is 5.21. The smallest absolute Gasteiger partial charge is 0.162 e. The van der Waals surface area contributed by atoms with Crippen LogP contribution in [-0.4, -0.2) is 25.5 Å². The number of rotatable bonds is 7. The SMILES string of the molecule is COCCCOCc1cc(CN)no1. The van der Waals surface area contributed by atoms with Gasteiger partial charge >= 0.3 is 0 Å². The minimum atomic E-state index is 0.396. The molecule has 1 aromatic heterocycles. The summed E-state index contributed by atoms with van der Waals surface area (Å²) in [6, 6.07) is 1.80. The van der Waals surface area contributed by atoms with Crippen LogP contribution < -0.4 is 5.73 Å². The lowest BCUT2D eigenvalue weighted by Crippen LogP contribution is -1.98. The molecule has 0 aliphatic carbocycles. The van der Waals surface area contributed by atoms with Gasteiger partial charge in [-0.2, -0.15) is 0 Å². The van der Waals surface area contributed by atoms with E-state index in [0.29, 0.717) is 32.1 Å². The van der Waals surface area contributed by atoms with E-state index in [1.54, 1.807) is 13.2 Å². The summed E-state index contributed by atoms with van der Waals surface area (Å²) >= 11 is 0. The summed E-state index contributed by atoms with van der Waals surface area (Å²) in [6.45, 7) is 2.21. The van der Waals surface area contributed by atoms with Crippen LogP contribution in [0.2, 0.25) is 0 Å². The van der Waals surface area contributed by atoms with Crippen molar-refractivity contribution in [1.29, 1.82) is 0 Å². The summed E-state index contributed by atoms with van der Waals surface area (Å²) in [5, 5.41) is 3.75. The molecule has 0 unspecified atom stereocenters. The van der Waals surface area contributed by atoms with Crippen LogP contribution in [0.15, 0.2) is 10.6 Å². The first-order valence-corrected chi connectivity index (χ1v) is 4.58. The van der Waals surface area contributed by atoms with E-state index in [-0.39, 0.29) is 0 Å². The molecule has 1 aromatic rings. The Bertz CT molecular complexity index is 250. The lowest BCUT2D eigenvalue weighted by atomic mass is 10.4. The number of nitrogens with zero attached hydrogens (tertiary/aromatic N) is 1. The Balaban J connectivity index is 2.12. The molecule has 0 spiro atoms. The third-order valence-electron chi connectivity index (χ3n) is 1.70. The molecule has 14 heavy (non-hydrogen) atoms. The molecule has 0 aliphatic heterocycles. The maximum absolute atomic E-state index is 5.38. The zero-order valence-corrected chi connectivity index (χ0v) is 8.36. The zero-order chi connectivity index (χ0) is 10.2. The monoisotopic (exact) mass is 200 g/mol. The molecule has 0 aromatic carbocycles. The van der Waals surface area contributed by atoms with Gasteiger partial charge in [0, 0.05) is 32.9 Å². The highest BCUT2D eigenvalue weighted by Gasteiger charge is 2.01. The van der Waals surface area contributed by atoms with Crippen LogP contribution in [0.3, 0.4) is 0 Å². The van der Waals surface area contributed by atoms with E-state index in [9.17, 15) is 0 Å². The highest BCUT2D eigenvalue weighted by atomic mass is 16.5. The number of ether oxygens (including phenoxy) is 2. The zero-order valence-electron chi connectivity index (χ0n) is 8.36. The molecule has 5 nitrogen and oxygen atoms in total. The predicted molar refractivity (Wildman–Crippen MR) is 50.5 cm³/mol. The molecule has 0 aliphatic rings. The van der Waals surface area contributed by atoms with E-state index in [0.717, 1.165) is 12.1 Å². The van der Waals surface area contributed by atoms with Crippen molar-refractivity contribution in [2.75, 3.05) is 20.3 Å². The Morgan fingerprint density at radius 1 is 1.50 bits per heavy atom. The molecule has 80 valence electrons. The summed E-state index contributed by atoms with van der Waals surface area (Å²) in [5.41, 5.74) is 6.13. The quantitative estimate of drug-likeness (QED) is 0.655. The molecule has 0 atom stereocenters. The Hall–Kier alpha value is -0.910. The predicted octanol–water partition coefficient (Wildman–Crippen LogP) is 0.686. The Labute approximate surface area is 83.2 Å². The van der Waals surface area contributed by atoms with Crippen LogP contribution in [0, 0.1) is 0 Å². The van der Waals surface area contributed by atoms with E-state index in [4.69, 9.17) is 19.7 Å². The second-order valence-electron chi connectivity index (χ2n) is 2.89. The standard InChI is InChI=1S/C9H16N2O3/c1-12-3-2-4-13-7-9-5-8(6-10)11-14-9/h5H,2-4,6-7,10H2,1H3. The topological polar surface area (TPSA) is 70.5 Å². The molecule has 5 heteroatoms. The lowest BCUT2D eigenvalue weighted by Gasteiger charge is -1.99. The maximum atomic E-state index is 5.38. The van der Waals surface area contributed by atoms with Crippen LogP contribution in [0.1, 0.15) is 17.9 Å². The molecule has 1 rings (SSSR count). The number of methoxy groups -OCH3 is 1. The van der Waals surface area contributed by atoms with E-state index >= 15 is 0 Å². The molecule has 0 amide bonds. The Morgan fingerprint density at radius 2 is 2.36 bits per heavy atom. The average molecular weight is 200 g/mol. The maximum Gasteiger partial charge on any atom is 0.162 e. The fourth-order valence-corrected chi connectivity index (χ4v) is 0.998. The molecule has 0 fully saturated rings. The van der Waals surface area contributed by atoms with E-state index in [1.165, 1.54) is 0 Å². The van der Waals surface area contributed by atoms with Crippen LogP contribution in [0.25, 0.3) is 0 Å². The molecule has 0 saturated heterocycles. The summed E-state index contributed by atoms with van der Waals surface area (Å²) in [7, 11) is 1.67. The van der Waals surface area contributed by atoms with Gasteiger partial charge in [0.15, 0.2) is 5.76 Å². The van der Waals surface area contributed by atoms with E-state index in [1.807, 2.05) is 0 Å². The molecular formula is C9H16N2O3. The number of hydrogen-bond donors (Lipinski definition) is 1. The van der Waals surface area contributed by atoms with Crippen molar-refractivity contribution in [2.24, 2.45) is 5.73 Å². The Morgan fingerprint density at radius 3 is 3.00 bits per heavy atom. The fraction of sp³-hybridized carbons (Fsp3) is 0.667. The minimum absolute atomic E-state index is 0.396. The second-order valence-corrected chi connectivity index (χ2v) is 2.89. The third kappa shape index (κ3) is 3.87. The van der Waals surface area contributed by atoms with Crippen molar-refractivity contribution in [3.05, 3.63) is 17.5 Å². The average Bonchev–Trinajstić information content (AvgIpc) is 2.65. The van der Waals surface area contributed by atoms with Gasteiger partial charge in [0.1, 0.15) is 6.61 Å². The third-order valence-corrected chi connectivity index (χ3v) is 1.70. The number of aromatic nitrogens is 1. The van der Waals surface area contributed by atoms with Crippen molar-refractivity contribution >= 4 is 0 Å². The first-order chi connectivity index (χ1) is 6.86. The van der Waals surface area contributed by atoms with Crippen molar-refractivity contribution in [1.82, 2.24) is 5.16 Å². The summed E-state index contributed by atoms with van der Waals surface area (Å²) in [6.07, 6.45) is 0.883. The van der Waals surface area contributed by atoms with Crippen molar-refractivity contribution in [2.45, 2.75) is 19.6 Å². The van der Waals surface area contributed by atoms with Gasteiger partial charge in [-0.3, -0.25) is 0 Å². The van der Waals surface area contributed by atoms with Crippen LogP contribution >= 0.6 is 0 Å². The first-order valence-electron chi connectivity index (χ1n) is 4.58. The van der Waals surface area contributed by atoms with Crippen LogP contribution in [0.5, 0.6) is 0 Å². The van der Waals surface area contributed by atoms with Gasteiger partial charge < -0.3 is 19.7 Å². The van der Waals surface area contributed by atoms with Crippen molar-refractivity contribution in [3.63, 3.8) is 0 Å².